The fraction of sp³-hybridized carbons (Fsp3) is 0.167. The fourth-order valence-corrected chi connectivity index (χ4v) is 2.17. The van der Waals surface area contributed by atoms with Crippen molar-refractivity contribution in [3.63, 3.8) is 0 Å². The number of amides is 2. The molecule has 0 aliphatic carbocycles. The predicted molar refractivity (Wildman–Crippen MR) is 65.0 cm³/mol. The minimum atomic E-state index is -0.309. The summed E-state index contributed by atoms with van der Waals surface area (Å²) in [6.45, 7) is 4.02. The first kappa shape index (κ1) is 11.0. The number of nitrogens with one attached hydrogen (secondary N) is 1. The smallest absolute Gasteiger partial charge is 0.282 e. The van der Waals surface area contributed by atoms with Crippen LogP contribution in [0.15, 0.2) is 23.1 Å². The largest absolute Gasteiger partial charge is 0.290 e. The van der Waals surface area contributed by atoms with Crippen LogP contribution in [-0.4, -0.2) is 11.1 Å². The van der Waals surface area contributed by atoms with Gasteiger partial charge in [0, 0.05) is 0 Å². The number of carbonyl (C=O) groups excluding carboxylic acids is 2. The van der Waals surface area contributed by atoms with Gasteiger partial charge in [-0.1, -0.05) is 18.2 Å². The molecule has 16 heavy (non-hydrogen) atoms. The van der Waals surface area contributed by atoms with E-state index in [-0.39, 0.29) is 11.1 Å². The van der Waals surface area contributed by atoms with Crippen LogP contribution in [0.2, 0.25) is 0 Å². The molecule has 2 amide bonds. The van der Waals surface area contributed by atoms with Gasteiger partial charge in [0.1, 0.15) is 0 Å². The predicted octanol–water partition coefficient (Wildman–Crippen LogP) is 2.63. The van der Waals surface area contributed by atoms with Gasteiger partial charge < -0.3 is 0 Å². The number of aryl methyl sites for hydroxylation is 1. The molecule has 1 saturated heterocycles. The first-order valence-corrected chi connectivity index (χ1v) is 5.70. The molecule has 1 fully saturated rings. The van der Waals surface area contributed by atoms with Crippen LogP contribution >= 0.6 is 11.8 Å². The fourth-order valence-electron chi connectivity index (χ4n) is 1.49. The van der Waals surface area contributed by atoms with Gasteiger partial charge in [-0.05, 0) is 48.4 Å². The van der Waals surface area contributed by atoms with E-state index < -0.39 is 0 Å². The van der Waals surface area contributed by atoms with Crippen molar-refractivity contribution in [2.45, 2.75) is 13.8 Å². The second-order valence-electron chi connectivity index (χ2n) is 3.64. The zero-order valence-electron chi connectivity index (χ0n) is 9.03. The van der Waals surface area contributed by atoms with E-state index >= 15 is 0 Å². The number of rotatable bonds is 1. The van der Waals surface area contributed by atoms with Crippen molar-refractivity contribution in [2.75, 3.05) is 0 Å². The highest BCUT2D eigenvalue weighted by atomic mass is 32.2. The lowest BCUT2D eigenvalue weighted by Gasteiger charge is -2.04. The Bertz CT molecular complexity index is 506. The summed E-state index contributed by atoms with van der Waals surface area (Å²) in [6.07, 6.45) is 1.76. The molecule has 3 nitrogen and oxygen atoms in total. The molecule has 1 aromatic rings. The molecule has 4 heteroatoms. The van der Waals surface area contributed by atoms with Crippen LogP contribution < -0.4 is 5.32 Å². The topological polar surface area (TPSA) is 46.2 Å². The number of hydrogen-bond donors (Lipinski definition) is 1. The van der Waals surface area contributed by atoms with Crippen molar-refractivity contribution in [3.05, 3.63) is 39.8 Å². The minimum absolute atomic E-state index is 0.304. The third kappa shape index (κ3) is 2.02. The summed E-state index contributed by atoms with van der Waals surface area (Å²) < 4.78 is 0. The van der Waals surface area contributed by atoms with E-state index in [2.05, 4.69) is 5.32 Å². The summed E-state index contributed by atoms with van der Waals surface area (Å²) in [5.74, 6) is -0.309. The summed E-state index contributed by atoms with van der Waals surface area (Å²) in [4.78, 5) is 22.8. The van der Waals surface area contributed by atoms with E-state index in [1.54, 1.807) is 6.08 Å². The Morgan fingerprint density at radius 1 is 1.25 bits per heavy atom. The van der Waals surface area contributed by atoms with Crippen molar-refractivity contribution >= 4 is 29.0 Å². The number of carbonyl (C=O) groups is 2. The summed E-state index contributed by atoms with van der Waals surface area (Å²) in [5.41, 5.74) is 3.28. The summed E-state index contributed by atoms with van der Waals surface area (Å²) >= 11 is 0.945. The highest BCUT2D eigenvalue weighted by Gasteiger charge is 2.25. The number of benzene rings is 1. The third-order valence-electron chi connectivity index (χ3n) is 2.58. The maximum absolute atomic E-state index is 11.4. The summed E-state index contributed by atoms with van der Waals surface area (Å²) in [7, 11) is 0. The molecule has 0 bridgehead atoms. The molecule has 0 spiro atoms. The molecule has 2 rings (SSSR count). The van der Waals surface area contributed by atoms with E-state index in [9.17, 15) is 9.59 Å². The minimum Gasteiger partial charge on any atom is -0.282 e. The van der Waals surface area contributed by atoms with E-state index in [1.807, 2.05) is 32.0 Å². The van der Waals surface area contributed by atoms with Crippen LogP contribution in [0.25, 0.3) is 6.08 Å². The zero-order chi connectivity index (χ0) is 11.7. The van der Waals surface area contributed by atoms with Gasteiger partial charge in [0.05, 0.1) is 4.91 Å². The Hall–Kier alpha value is -1.55. The highest BCUT2D eigenvalue weighted by molar-refractivity contribution is 8.18. The molecule has 0 saturated carbocycles. The molecule has 1 heterocycles. The third-order valence-corrected chi connectivity index (χ3v) is 3.39. The lowest BCUT2D eigenvalue weighted by Crippen LogP contribution is -2.17. The van der Waals surface area contributed by atoms with Crippen LogP contribution in [-0.2, 0) is 4.79 Å². The Labute approximate surface area is 97.9 Å². The van der Waals surface area contributed by atoms with Crippen molar-refractivity contribution in [1.82, 2.24) is 5.32 Å². The molecule has 0 radical (unpaired) electrons. The van der Waals surface area contributed by atoms with Crippen molar-refractivity contribution < 1.29 is 9.59 Å². The van der Waals surface area contributed by atoms with Gasteiger partial charge in [-0.2, -0.15) is 0 Å². The van der Waals surface area contributed by atoms with E-state index in [0.717, 1.165) is 22.9 Å². The molecule has 0 unspecified atom stereocenters. The maximum atomic E-state index is 11.4. The van der Waals surface area contributed by atoms with Crippen LogP contribution in [0.1, 0.15) is 16.7 Å². The normalized spacial score (nSPS) is 18.0. The Morgan fingerprint density at radius 2 is 2.00 bits per heavy atom. The van der Waals surface area contributed by atoms with E-state index in [0.29, 0.717) is 4.91 Å². The molecular weight excluding hydrogens is 222 g/mol. The van der Waals surface area contributed by atoms with Gasteiger partial charge in [0.2, 0.25) is 0 Å². The van der Waals surface area contributed by atoms with E-state index in [1.165, 1.54) is 5.56 Å². The van der Waals surface area contributed by atoms with Gasteiger partial charge in [-0.15, -0.1) is 0 Å². The average molecular weight is 233 g/mol. The quantitative estimate of drug-likeness (QED) is 0.758. The first-order chi connectivity index (χ1) is 7.58. The van der Waals surface area contributed by atoms with Gasteiger partial charge in [0.15, 0.2) is 0 Å². The van der Waals surface area contributed by atoms with Crippen LogP contribution in [0.5, 0.6) is 0 Å². The summed E-state index contributed by atoms with van der Waals surface area (Å²) in [5, 5.41) is 1.93. The van der Waals surface area contributed by atoms with Gasteiger partial charge in [0.25, 0.3) is 11.1 Å². The molecule has 1 N–H and O–H groups in total. The first-order valence-electron chi connectivity index (χ1n) is 4.89. The SMILES string of the molecule is Cc1cccc(/C=C2\SC(=O)NC2=O)c1C. The molecule has 0 aromatic heterocycles. The average Bonchev–Trinajstić information content (AvgIpc) is 2.53. The maximum Gasteiger partial charge on any atom is 0.290 e. The second kappa shape index (κ2) is 4.14. The van der Waals surface area contributed by atoms with Crippen molar-refractivity contribution in [3.8, 4) is 0 Å². The number of thioether (sulfide) groups is 1. The number of hydrogen-bond acceptors (Lipinski definition) is 3. The van der Waals surface area contributed by atoms with Gasteiger partial charge in [-0.25, -0.2) is 0 Å². The molecule has 0 atom stereocenters. The molecule has 82 valence electrons. The lowest BCUT2D eigenvalue weighted by atomic mass is 10.0. The van der Waals surface area contributed by atoms with Crippen LogP contribution in [0, 0.1) is 13.8 Å². The lowest BCUT2D eigenvalue weighted by molar-refractivity contribution is -0.115. The number of imide groups is 1. The zero-order valence-corrected chi connectivity index (χ0v) is 9.85. The van der Waals surface area contributed by atoms with Gasteiger partial charge >= 0.3 is 0 Å². The highest BCUT2D eigenvalue weighted by Crippen LogP contribution is 2.26. The molecule has 1 aromatic carbocycles. The Morgan fingerprint density at radius 3 is 2.62 bits per heavy atom. The Balaban J connectivity index is 2.40. The van der Waals surface area contributed by atoms with Gasteiger partial charge in [-0.3, -0.25) is 14.9 Å². The van der Waals surface area contributed by atoms with Crippen LogP contribution in [0.3, 0.4) is 0 Å². The Kier molecular flexibility index (Phi) is 2.83. The van der Waals surface area contributed by atoms with Crippen molar-refractivity contribution in [1.29, 1.82) is 0 Å². The molecule has 1 aliphatic rings. The second-order valence-corrected chi connectivity index (χ2v) is 4.66. The standard InChI is InChI=1S/C12H11NO2S/c1-7-4-3-5-9(8(7)2)6-10-11(14)13-12(15)16-10/h3-6H,1-2H3,(H,13,14,15)/b10-6-. The molecule has 1 aliphatic heterocycles. The molecular formula is C12H11NO2S. The van der Waals surface area contributed by atoms with Crippen molar-refractivity contribution in [2.24, 2.45) is 0 Å². The van der Waals surface area contributed by atoms with Crippen LogP contribution in [0.4, 0.5) is 4.79 Å². The van der Waals surface area contributed by atoms with E-state index in [4.69, 9.17) is 0 Å². The summed E-state index contributed by atoms with van der Waals surface area (Å²) in [6, 6.07) is 5.89. The monoisotopic (exact) mass is 233 g/mol.